The van der Waals surface area contributed by atoms with E-state index in [1.54, 1.807) is 0 Å². The van der Waals surface area contributed by atoms with Crippen molar-refractivity contribution in [3.63, 3.8) is 0 Å². The molecule has 0 saturated carbocycles. The molecule has 0 amide bonds. The van der Waals surface area contributed by atoms with Gasteiger partial charge in [0.2, 0.25) is 0 Å². The van der Waals surface area contributed by atoms with Crippen LogP contribution in [0.5, 0.6) is 0 Å². The lowest BCUT2D eigenvalue weighted by molar-refractivity contribution is 0.332. The van der Waals surface area contributed by atoms with E-state index in [0.29, 0.717) is 23.2 Å². The average molecular weight is 737 g/mol. The van der Waals surface area contributed by atoms with Gasteiger partial charge in [-0.15, -0.1) is 0 Å². The number of hydrogen-bond acceptors (Lipinski definition) is 5. The van der Waals surface area contributed by atoms with E-state index in [4.69, 9.17) is 19.9 Å². The largest absolute Gasteiger partial charge is 0.309 e. The summed E-state index contributed by atoms with van der Waals surface area (Å²) in [7, 11) is 0. The van der Waals surface area contributed by atoms with Crippen LogP contribution in [0.15, 0.2) is 146 Å². The van der Waals surface area contributed by atoms with E-state index in [2.05, 4.69) is 134 Å². The van der Waals surface area contributed by atoms with Crippen LogP contribution in [0.3, 0.4) is 0 Å². The van der Waals surface area contributed by atoms with Crippen LogP contribution in [-0.4, -0.2) is 29.5 Å². The van der Waals surface area contributed by atoms with Crippen molar-refractivity contribution in [3.8, 4) is 40.0 Å². The number of hydrogen-bond donors (Lipinski definition) is 0. The zero-order valence-electron chi connectivity index (χ0n) is 32.5. The Balaban J connectivity index is 1.05. The second kappa shape index (κ2) is 12.4. The van der Waals surface area contributed by atoms with Crippen LogP contribution in [0.1, 0.15) is 51.7 Å². The fourth-order valence-corrected chi connectivity index (χ4v) is 9.00. The molecule has 1 aliphatic carbocycles. The quantitative estimate of drug-likeness (QED) is 0.168. The molecule has 6 aromatic carbocycles. The maximum Gasteiger partial charge on any atom is 0.182 e. The first-order chi connectivity index (χ1) is 27.7. The van der Waals surface area contributed by atoms with Gasteiger partial charge < -0.3 is 4.57 Å². The Morgan fingerprint density at radius 2 is 1.11 bits per heavy atom. The van der Waals surface area contributed by atoms with Crippen molar-refractivity contribution in [2.24, 2.45) is 0 Å². The predicted molar refractivity (Wildman–Crippen MR) is 234 cm³/mol. The average Bonchev–Trinajstić information content (AvgIpc) is 3.58. The van der Waals surface area contributed by atoms with Crippen molar-refractivity contribution < 1.29 is 0 Å². The van der Waals surface area contributed by atoms with Crippen LogP contribution in [0.2, 0.25) is 0 Å². The van der Waals surface area contributed by atoms with Gasteiger partial charge in [0.1, 0.15) is 5.69 Å². The molecule has 0 bridgehead atoms. The van der Waals surface area contributed by atoms with Gasteiger partial charge in [-0.05, 0) is 94.1 Å². The van der Waals surface area contributed by atoms with Crippen molar-refractivity contribution in [1.82, 2.24) is 29.5 Å². The summed E-state index contributed by atoms with van der Waals surface area (Å²) < 4.78 is 2.45. The minimum absolute atomic E-state index is 0.116. The Morgan fingerprint density at radius 1 is 0.456 bits per heavy atom. The first kappa shape index (κ1) is 33.5. The van der Waals surface area contributed by atoms with E-state index < -0.39 is 0 Å². The molecule has 4 aromatic heterocycles. The van der Waals surface area contributed by atoms with Gasteiger partial charge in [-0.3, -0.25) is 4.98 Å². The van der Waals surface area contributed by atoms with Crippen LogP contribution in [0.25, 0.3) is 94.4 Å². The van der Waals surface area contributed by atoms with Gasteiger partial charge in [-0.1, -0.05) is 119 Å². The normalized spacial score (nSPS) is 14.8. The molecule has 0 atom stereocenters. The maximum absolute atomic E-state index is 5.09. The molecule has 0 N–H and O–H groups in total. The summed E-state index contributed by atoms with van der Waals surface area (Å²) in [6.45, 7) is 9.62. The number of para-hydroxylation sites is 1. The van der Waals surface area contributed by atoms with E-state index in [1.165, 1.54) is 45.8 Å². The molecule has 10 aromatic rings. The van der Waals surface area contributed by atoms with Crippen molar-refractivity contribution in [3.05, 3.63) is 157 Å². The van der Waals surface area contributed by atoms with Crippen molar-refractivity contribution in [1.29, 1.82) is 0 Å². The van der Waals surface area contributed by atoms with Crippen LogP contribution in [0, 0.1) is 0 Å². The Morgan fingerprint density at radius 3 is 1.93 bits per heavy atom. The molecule has 57 heavy (non-hydrogen) atoms. The molecule has 4 heterocycles. The number of rotatable bonds is 4. The SMILES string of the molecule is CC1(C)CCC(C)(C)c2cc3c(cc21)c1ccccc1n3-c1ccc2cc(-c3nc(-c4ccccc4)nc(-c4ccc5ccc6cccnc6c5n4)n3)ccc2c1. The third-order valence-electron chi connectivity index (χ3n) is 12.3. The minimum Gasteiger partial charge on any atom is -0.309 e. The highest BCUT2D eigenvalue weighted by molar-refractivity contribution is 6.10. The second-order valence-corrected chi connectivity index (χ2v) is 16.9. The molecule has 0 radical (unpaired) electrons. The summed E-state index contributed by atoms with van der Waals surface area (Å²) in [5.41, 5.74) is 11.0. The molecule has 0 fully saturated rings. The Labute approximate surface area is 330 Å². The number of fused-ring (bicyclic) bond motifs is 8. The number of benzene rings is 6. The van der Waals surface area contributed by atoms with Crippen LogP contribution in [-0.2, 0) is 10.8 Å². The Hall–Kier alpha value is -6.79. The van der Waals surface area contributed by atoms with Gasteiger partial charge in [0.05, 0.1) is 22.1 Å². The first-order valence-electron chi connectivity index (χ1n) is 19.8. The van der Waals surface area contributed by atoms with Gasteiger partial charge in [0.25, 0.3) is 0 Å². The Kier molecular flexibility index (Phi) is 7.27. The molecule has 0 unspecified atom stereocenters. The maximum atomic E-state index is 5.09. The molecule has 0 saturated heterocycles. The lowest BCUT2D eigenvalue weighted by Crippen LogP contribution is -2.33. The summed E-state index contributed by atoms with van der Waals surface area (Å²) in [5.74, 6) is 1.72. The number of aromatic nitrogens is 6. The van der Waals surface area contributed by atoms with E-state index >= 15 is 0 Å². The molecule has 0 aliphatic heterocycles. The second-order valence-electron chi connectivity index (χ2n) is 16.9. The highest BCUT2D eigenvalue weighted by atomic mass is 15.0. The predicted octanol–water partition coefficient (Wildman–Crippen LogP) is 12.6. The van der Waals surface area contributed by atoms with E-state index in [9.17, 15) is 0 Å². The standard InChI is InChI=1S/C51H40N6/c1-50(2)24-25-51(3,4)41-30-44-39(29-40(41)50)38-14-8-9-15-43(38)57(44)37-22-20-34-27-36(19-18-35(34)28-37)48-54-47(33-11-6-5-7-12-33)55-49(56-48)42-23-21-32-17-16-31-13-10-26-52-45(31)46(32)53-42/h5-23,26-30H,24-25H2,1-4H3. The van der Waals surface area contributed by atoms with Crippen LogP contribution >= 0.6 is 0 Å². The third kappa shape index (κ3) is 5.42. The summed E-state index contributed by atoms with van der Waals surface area (Å²) in [6, 6.07) is 49.4. The summed E-state index contributed by atoms with van der Waals surface area (Å²) >= 11 is 0. The third-order valence-corrected chi connectivity index (χ3v) is 12.3. The van der Waals surface area contributed by atoms with Gasteiger partial charge in [0, 0.05) is 44.6 Å². The van der Waals surface area contributed by atoms with Crippen molar-refractivity contribution in [2.45, 2.75) is 51.4 Å². The van der Waals surface area contributed by atoms with E-state index in [1.807, 2.05) is 48.7 Å². The van der Waals surface area contributed by atoms with Crippen molar-refractivity contribution >= 4 is 54.4 Å². The lowest BCUT2D eigenvalue weighted by Gasteiger charge is -2.42. The molecule has 6 heteroatoms. The Bertz CT molecular complexity index is 3250. The highest BCUT2D eigenvalue weighted by Gasteiger charge is 2.38. The fraction of sp³-hybridized carbons (Fsp3) is 0.157. The summed E-state index contributed by atoms with van der Waals surface area (Å²) in [4.78, 5) is 24.8. The van der Waals surface area contributed by atoms with Gasteiger partial charge in [0.15, 0.2) is 17.5 Å². The number of pyridine rings is 2. The molecule has 11 rings (SSSR count). The fourth-order valence-electron chi connectivity index (χ4n) is 9.00. The van der Waals surface area contributed by atoms with E-state index in [-0.39, 0.29) is 10.8 Å². The molecule has 6 nitrogen and oxygen atoms in total. The van der Waals surface area contributed by atoms with Crippen molar-refractivity contribution in [2.75, 3.05) is 0 Å². The smallest absolute Gasteiger partial charge is 0.182 e. The molecule has 274 valence electrons. The van der Waals surface area contributed by atoms with Gasteiger partial charge >= 0.3 is 0 Å². The lowest BCUT2D eigenvalue weighted by atomic mass is 9.63. The van der Waals surface area contributed by atoms with Gasteiger partial charge in [-0.25, -0.2) is 19.9 Å². The highest BCUT2D eigenvalue weighted by Crippen LogP contribution is 2.48. The van der Waals surface area contributed by atoms with E-state index in [0.717, 1.165) is 49.4 Å². The monoisotopic (exact) mass is 736 g/mol. The first-order valence-corrected chi connectivity index (χ1v) is 19.8. The minimum atomic E-state index is 0.116. The molecule has 1 aliphatic rings. The zero-order valence-corrected chi connectivity index (χ0v) is 32.5. The van der Waals surface area contributed by atoms with Crippen LogP contribution < -0.4 is 0 Å². The molecular weight excluding hydrogens is 697 g/mol. The topological polar surface area (TPSA) is 69.4 Å². The molecule has 0 spiro atoms. The van der Waals surface area contributed by atoms with Crippen LogP contribution in [0.4, 0.5) is 0 Å². The van der Waals surface area contributed by atoms with Gasteiger partial charge in [-0.2, -0.15) is 0 Å². The zero-order chi connectivity index (χ0) is 38.5. The number of nitrogens with zero attached hydrogens (tertiary/aromatic N) is 6. The summed E-state index contributed by atoms with van der Waals surface area (Å²) in [6.07, 6.45) is 4.18. The summed E-state index contributed by atoms with van der Waals surface area (Å²) in [5, 5.41) is 6.92. The molecular formula is C51H40N6.